The average molecular weight is 399 g/mol. The molecule has 0 spiro atoms. The van der Waals surface area contributed by atoms with E-state index in [1.165, 1.54) is 6.21 Å². The molecule has 2 rings (SSSR count). The van der Waals surface area contributed by atoms with E-state index in [-0.39, 0.29) is 6.42 Å². The Hall–Kier alpha value is -3.55. The molecule has 0 aliphatic heterocycles. The molecule has 2 N–H and O–H groups in total. The Morgan fingerprint density at radius 2 is 1.72 bits per heavy atom. The third kappa shape index (κ3) is 6.84. The van der Waals surface area contributed by atoms with E-state index in [9.17, 15) is 9.59 Å². The molecule has 0 atom stereocenters. The van der Waals surface area contributed by atoms with Gasteiger partial charge >= 0.3 is 0 Å². The van der Waals surface area contributed by atoms with Crippen molar-refractivity contribution in [2.45, 2.75) is 20.3 Å². The van der Waals surface area contributed by atoms with Crippen LogP contribution < -0.4 is 25.0 Å². The Labute approximate surface area is 169 Å². The van der Waals surface area contributed by atoms with E-state index in [1.807, 2.05) is 13.8 Å². The number of anilines is 1. The van der Waals surface area contributed by atoms with Gasteiger partial charge in [0.1, 0.15) is 12.2 Å². The van der Waals surface area contributed by atoms with Crippen molar-refractivity contribution in [1.82, 2.24) is 5.43 Å². The van der Waals surface area contributed by atoms with Crippen LogP contribution in [0.3, 0.4) is 0 Å². The van der Waals surface area contributed by atoms with Crippen molar-refractivity contribution >= 4 is 23.7 Å². The minimum absolute atomic E-state index is 0.360. The molecule has 0 saturated carbocycles. The van der Waals surface area contributed by atoms with Crippen LogP contribution >= 0.6 is 0 Å². The van der Waals surface area contributed by atoms with Gasteiger partial charge in [0.2, 0.25) is 11.8 Å². The Kier molecular flexibility index (Phi) is 8.50. The Bertz CT molecular complexity index is 850. The minimum atomic E-state index is -0.537. The van der Waals surface area contributed by atoms with Gasteiger partial charge in [0.15, 0.2) is 11.5 Å². The van der Waals surface area contributed by atoms with Gasteiger partial charge in [-0.15, -0.1) is 0 Å². The largest absolute Gasteiger partial charge is 0.494 e. The number of nitrogens with one attached hydrogen (secondary N) is 2. The molecule has 0 aliphatic rings. The van der Waals surface area contributed by atoms with E-state index in [2.05, 4.69) is 15.8 Å². The maximum absolute atomic E-state index is 12.0. The number of hydrazone groups is 1. The van der Waals surface area contributed by atoms with E-state index >= 15 is 0 Å². The van der Waals surface area contributed by atoms with Gasteiger partial charge in [0.05, 0.1) is 26.5 Å². The minimum Gasteiger partial charge on any atom is -0.494 e. The number of carbonyl (C=O) groups is 2. The first-order chi connectivity index (χ1) is 14.1. The molecule has 8 nitrogen and oxygen atoms in total. The summed E-state index contributed by atoms with van der Waals surface area (Å²) in [4.78, 5) is 23.9. The van der Waals surface area contributed by atoms with Gasteiger partial charge in [-0.3, -0.25) is 9.59 Å². The second-order valence-electron chi connectivity index (χ2n) is 5.79. The van der Waals surface area contributed by atoms with Gasteiger partial charge in [0, 0.05) is 11.3 Å². The van der Waals surface area contributed by atoms with Crippen molar-refractivity contribution < 1.29 is 23.8 Å². The quantitative estimate of drug-likeness (QED) is 0.364. The first-order valence-electron chi connectivity index (χ1n) is 9.21. The molecule has 2 aromatic carbocycles. The van der Waals surface area contributed by atoms with Crippen LogP contribution in [-0.4, -0.2) is 38.4 Å². The summed E-state index contributed by atoms with van der Waals surface area (Å²) < 4.78 is 16.2. The maximum Gasteiger partial charge on any atom is 0.249 e. The number of hydrogen-bond acceptors (Lipinski definition) is 6. The molecule has 0 radical (unpaired) electrons. The van der Waals surface area contributed by atoms with Crippen LogP contribution in [0.2, 0.25) is 0 Å². The second-order valence-corrected chi connectivity index (χ2v) is 5.79. The van der Waals surface area contributed by atoms with Crippen molar-refractivity contribution in [3.05, 3.63) is 48.0 Å². The molecule has 0 aromatic heterocycles. The van der Waals surface area contributed by atoms with E-state index in [0.29, 0.717) is 41.7 Å². The zero-order valence-electron chi connectivity index (χ0n) is 16.7. The molecule has 0 fully saturated rings. The Morgan fingerprint density at radius 1 is 1.00 bits per heavy atom. The molecule has 8 heteroatoms. The maximum atomic E-state index is 12.0. The Balaban J connectivity index is 1.88. The van der Waals surface area contributed by atoms with Crippen molar-refractivity contribution in [2.24, 2.45) is 5.10 Å². The van der Waals surface area contributed by atoms with Crippen molar-refractivity contribution in [1.29, 1.82) is 0 Å². The zero-order chi connectivity index (χ0) is 21.1. The number of ether oxygens (including phenoxy) is 3. The smallest absolute Gasteiger partial charge is 0.249 e. The summed E-state index contributed by atoms with van der Waals surface area (Å²) in [7, 11) is 1.55. The van der Waals surface area contributed by atoms with E-state index in [0.717, 1.165) is 0 Å². The van der Waals surface area contributed by atoms with E-state index < -0.39 is 11.8 Å². The summed E-state index contributed by atoms with van der Waals surface area (Å²) in [5, 5.41) is 6.54. The van der Waals surface area contributed by atoms with Crippen molar-refractivity contribution in [2.75, 3.05) is 25.6 Å². The number of amides is 2. The zero-order valence-corrected chi connectivity index (χ0v) is 16.7. The highest BCUT2D eigenvalue weighted by Crippen LogP contribution is 2.29. The molecule has 0 unspecified atom stereocenters. The number of nitrogens with zero attached hydrogens (tertiary/aromatic N) is 1. The highest BCUT2D eigenvalue weighted by Gasteiger charge is 2.11. The van der Waals surface area contributed by atoms with Crippen LogP contribution in [0.5, 0.6) is 17.2 Å². The van der Waals surface area contributed by atoms with Gasteiger partial charge in [-0.25, -0.2) is 5.43 Å². The summed E-state index contributed by atoms with van der Waals surface area (Å²) in [6.45, 7) is 4.77. The lowest BCUT2D eigenvalue weighted by Crippen LogP contribution is -2.24. The molecule has 0 heterocycles. The normalized spacial score (nSPS) is 10.4. The third-order valence-corrected chi connectivity index (χ3v) is 3.68. The SMILES string of the molecule is CCOc1ccc(NC(=O)CC(=O)NN=Cc2cccc(OC)c2OCC)cc1. The fourth-order valence-electron chi connectivity index (χ4n) is 2.46. The number of methoxy groups -OCH3 is 1. The fraction of sp³-hybridized carbons (Fsp3) is 0.286. The first-order valence-corrected chi connectivity index (χ1v) is 9.21. The topological polar surface area (TPSA) is 98.2 Å². The summed E-state index contributed by atoms with van der Waals surface area (Å²) in [5.41, 5.74) is 3.55. The lowest BCUT2D eigenvalue weighted by Gasteiger charge is -2.11. The molecule has 0 bridgehead atoms. The molecule has 2 aromatic rings. The van der Waals surface area contributed by atoms with Crippen LogP contribution in [0.4, 0.5) is 5.69 Å². The summed E-state index contributed by atoms with van der Waals surface area (Å²) in [5.74, 6) is 0.825. The number of benzene rings is 2. The van der Waals surface area contributed by atoms with Gasteiger partial charge in [0.25, 0.3) is 0 Å². The van der Waals surface area contributed by atoms with Crippen LogP contribution in [0, 0.1) is 0 Å². The highest BCUT2D eigenvalue weighted by molar-refractivity contribution is 6.03. The molecule has 29 heavy (non-hydrogen) atoms. The lowest BCUT2D eigenvalue weighted by atomic mass is 10.2. The standard InChI is InChI=1S/C21H25N3O5/c1-4-28-17-11-9-16(10-12-17)23-19(25)13-20(26)24-22-14-15-7-6-8-18(27-3)21(15)29-5-2/h6-12,14H,4-5,13H2,1-3H3,(H,23,25)(H,24,26). The predicted molar refractivity (Wildman–Crippen MR) is 111 cm³/mol. The van der Waals surface area contributed by atoms with Gasteiger partial charge in [-0.1, -0.05) is 6.07 Å². The van der Waals surface area contributed by atoms with Gasteiger partial charge in [-0.05, 0) is 50.2 Å². The monoisotopic (exact) mass is 399 g/mol. The van der Waals surface area contributed by atoms with Crippen molar-refractivity contribution in [3.8, 4) is 17.2 Å². The fourth-order valence-corrected chi connectivity index (χ4v) is 2.46. The van der Waals surface area contributed by atoms with E-state index in [4.69, 9.17) is 14.2 Å². The first kappa shape index (κ1) is 21.7. The second kappa shape index (κ2) is 11.3. The van der Waals surface area contributed by atoms with Crippen LogP contribution in [0.1, 0.15) is 25.8 Å². The molecule has 0 aliphatic carbocycles. The van der Waals surface area contributed by atoms with Crippen LogP contribution in [0.25, 0.3) is 0 Å². The molecular weight excluding hydrogens is 374 g/mol. The highest BCUT2D eigenvalue weighted by atomic mass is 16.5. The van der Waals surface area contributed by atoms with Gasteiger partial charge < -0.3 is 19.5 Å². The number of para-hydroxylation sites is 1. The Morgan fingerprint density at radius 3 is 2.38 bits per heavy atom. The molecule has 0 saturated heterocycles. The number of carbonyl (C=O) groups excluding carboxylic acids is 2. The summed E-state index contributed by atoms with van der Waals surface area (Å²) in [6, 6.07) is 12.2. The summed E-state index contributed by atoms with van der Waals surface area (Å²) >= 11 is 0. The number of hydrogen-bond donors (Lipinski definition) is 2. The van der Waals surface area contributed by atoms with Crippen LogP contribution in [-0.2, 0) is 9.59 Å². The average Bonchev–Trinajstić information content (AvgIpc) is 2.70. The summed E-state index contributed by atoms with van der Waals surface area (Å²) in [6.07, 6.45) is 1.08. The molecule has 2 amide bonds. The van der Waals surface area contributed by atoms with E-state index in [1.54, 1.807) is 49.6 Å². The lowest BCUT2D eigenvalue weighted by molar-refractivity contribution is -0.126. The van der Waals surface area contributed by atoms with Gasteiger partial charge in [-0.2, -0.15) is 5.10 Å². The molecular formula is C21H25N3O5. The third-order valence-electron chi connectivity index (χ3n) is 3.68. The van der Waals surface area contributed by atoms with Crippen molar-refractivity contribution in [3.63, 3.8) is 0 Å². The van der Waals surface area contributed by atoms with Crippen LogP contribution in [0.15, 0.2) is 47.6 Å². The number of rotatable bonds is 10. The molecule has 154 valence electrons. The predicted octanol–water partition coefficient (Wildman–Crippen LogP) is 2.97.